The zero-order valence-corrected chi connectivity index (χ0v) is 15.8. The van der Waals surface area contributed by atoms with E-state index in [1.165, 1.54) is 21.0 Å². The standard InChI is InChI=1S/C21H23N3OS/c1-23(17-9-3-2-4-10-17)20(25)15-24-13-7-8-16(14-24)21-22-18-11-5-6-12-19(18)26-21/h2-6,9-12,16H,7-8,13-15H2,1H3/p+1/t16-/m1/s1. The molecule has 5 heteroatoms. The predicted octanol–water partition coefficient (Wildman–Crippen LogP) is 2.72. The summed E-state index contributed by atoms with van der Waals surface area (Å²) in [5.74, 6) is 0.641. The molecule has 4 rings (SSSR count). The van der Waals surface area contributed by atoms with E-state index in [0.717, 1.165) is 30.7 Å². The van der Waals surface area contributed by atoms with Crippen molar-refractivity contribution >= 4 is 33.1 Å². The fourth-order valence-corrected chi connectivity index (χ4v) is 4.82. The Morgan fingerprint density at radius 3 is 2.77 bits per heavy atom. The van der Waals surface area contributed by atoms with Gasteiger partial charge in [0.1, 0.15) is 5.01 Å². The lowest BCUT2D eigenvalue weighted by Gasteiger charge is -2.29. The molecule has 134 valence electrons. The van der Waals surface area contributed by atoms with E-state index in [-0.39, 0.29) is 5.91 Å². The first-order valence-electron chi connectivity index (χ1n) is 9.21. The molecule has 1 aromatic heterocycles. The molecule has 26 heavy (non-hydrogen) atoms. The second kappa shape index (κ2) is 7.56. The van der Waals surface area contributed by atoms with Crippen molar-refractivity contribution in [3.05, 3.63) is 59.6 Å². The van der Waals surface area contributed by atoms with Crippen LogP contribution in [0.5, 0.6) is 0 Å². The van der Waals surface area contributed by atoms with E-state index in [1.54, 1.807) is 4.90 Å². The summed E-state index contributed by atoms with van der Waals surface area (Å²) in [6.07, 6.45) is 2.32. The van der Waals surface area contributed by atoms with Gasteiger partial charge in [-0.25, -0.2) is 4.98 Å². The van der Waals surface area contributed by atoms with Gasteiger partial charge in [0.15, 0.2) is 6.54 Å². The molecule has 3 aromatic rings. The first kappa shape index (κ1) is 17.2. The summed E-state index contributed by atoms with van der Waals surface area (Å²) in [6, 6.07) is 18.2. The average molecular weight is 367 g/mol. The highest BCUT2D eigenvalue weighted by Gasteiger charge is 2.29. The Labute approximate surface area is 158 Å². The smallest absolute Gasteiger partial charge is 0.281 e. The van der Waals surface area contributed by atoms with Gasteiger partial charge in [0.2, 0.25) is 0 Å². The average Bonchev–Trinajstić information content (AvgIpc) is 3.12. The third kappa shape index (κ3) is 3.64. The van der Waals surface area contributed by atoms with Crippen molar-refractivity contribution in [2.24, 2.45) is 0 Å². The third-order valence-corrected chi connectivity index (χ3v) is 6.40. The van der Waals surface area contributed by atoms with Gasteiger partial charge in [-0.2, -0.15) is 0 Å². The molecule has 1 aliphatic rings. The van der Waals surface area contributed by atoms with Gasteiger partial charge in [-0.05, 0) is 37.1 Å². The molecule has 0 aliphatic carbocycles. The summed E-state index contributed by atoms with van der Waals surface area (Å²) in [5, 5.41) is 1.23. The van der Waals surface area contributed by atoms with E-state index in [1.807, 2.05) is 54.8 Å². The zero-order valence-electron chi connectivity index (χ0n) is 15.0. The molecule has 1 fully saturated rings. The van der Waals surface area contributed by atoms with E-state index in [9.17, 15) is 4.79 Å². The first-order chi connectivity index (χ1) is 12.7. The van der Waals surface area contributed by atoms with Crippen molar-refractivity contribution in [1.82, 2.24) is 4.98 Å². The van der Waals surface area contributed by atoms with Crippen LogP contribution in [-0.4, -0.2) is 37.6 Å². The monoisotopic (exact) mass is 366 g/mol. The quantitative estimate of drug-likeness (QED) is 0.771. The number of hydrogen-bond donors (Lipinski definition) is 1. The van der Waals surface area contributed by atoms with Gasteiger partial charge in [-0.1, -0.05) is 30.3 Å². The van der Waals surface area contributed by atoms with Crippen molar-refractivity contribution in [2.45, 2.75) is 18.8 Å². The van der Waals surface area contributed by atoms with Crippen molar-refractivity contribution < 1.29 is 9.69 Å². The largest absolute Gasteiger partial charge is 0.327 e. The predicted molar refractivity (Wildman–Crippen MR) is 107 cm³/mol. The number of benzene rings is 2. The van der Waals surface area contributed by atoms with E-state index < -0.39 is 0 Å². The molecule has 1 amide bonds. The lowest BCUT2D eigenvalue weighted by molar-refractivity contribution is -0.898. The summed E-state index contributed by atoms with van der Waals surface area (Å²) in [5.41, 5.74) is 2.05. The van der Waals surface area contributed by atoms with Gasteiger partial charge in [0.05, 0.1) is 29.2 Å². The summed E-state index contributed by atoms with van der Waals surface area (Å²) in [4.78, 5) is 20.7. The molecule has 2 aromatic carbocycles. The van der Waals surface area contributed by atoms with Crippen LogP contribution >= 0.6 is 11.3 Å². The maximum absolute atomic E-state index is 12.7. The molecule has 2 atom stereocenters. The van der Waals surface area contributed by atoms with Crippen LogP contribution in [0.15, 0.2) is 54.6 Å². The Balaban J connectivity index is 1.42. The van der Waals surface area contributed by atoms with Crippen LogP contribution in [-0.2, 0) is 4.79 Å². The molecule has 1 saturated heterocycles. The highest BCUT2D eigenvalue weighted by Crippen LogP contribution is 2.30. The molecule has 0 saturated carbocycles. The van der Waals surface area contributed by atoms with Crippen LogP contribution in [0.4, 0.5) is 5.69 Å². The SMILES string of the molecule is CN(C(=O)C[NH+]1CCC[C@@H](c2nc3ccccc3s2)C1)c1ccccc1. The Morgan fingerprint density at radius 2 is 1.96 bits per heavy atom. The number of fused-ring (bicyclic) bond motifs is 1. The number of aromatic nitrogens is 1. The number of carbonyl (C=O) groups is 1. The normalized spacial score (nSPS) is 20.2. The number of amides is 1. The van der Waals surface area contributed by atoms with E-state index >= 15 is 0 Å². The topological polar surface area (TPSA) is 37.6 Å². The van der Waals surface area contributed by atoms with Crippen LogP contribution in [0, 0.1) is 0 Å². The molecular weight excluding hydrogens is 342 g/mol. The van der Waals surface area contributed by atoms with Crippen LogP contribution in [0.2, 0.25) is 0 Å². The number of nitrogens with zero attached hydrogens (tertiary/aromatic N) is 2. The summed E-state index contributed by atoms with van der Waals surface area (Å²) < 4.78 is 1.26. The van der Waals surface area contributed by atoms with Crippen molar-refractivity contribution in [1.29, 1.82) is 0 Å². The minimum Gasteiger partial charge on any atom is -0.327 e. The molecule has 1 unspecified atom stereocenters. The number of para-hydroxylation sites is 2. The number of quaternary nitrogens is 1. The molecule has 2 heterocycles. The molecule has 4 nitrogen and oxygen atoms in total. The van der Waals surface area contributed by atoms with E-state index in [4.69, 9.17) is 4.98 Å². The number of anilines is 1. The van der Waals surface area contributed by atoms with E-state index in [0.29, 0.717) is 12.5 Å². The summed E-state index contributed by atoms with van der Waals surface area (Å²) in [6.45, 7) is 2.61. The van der Waals surface area contributed by atoms with Crippen molar-refractivity contribution in [3.63, 3.8) is 0 Å². The fraction of sp³-hybridized carbons (Fsp3) is 0.333. The number of nitrogens with one attached hydrogen (secondary N) is 1. The number of rotatable bonds is 4. The molecule has 1 N–H and O–H groups in total. The molecule has 0 spiro atoms. The molecule has 0 radical (unpaired) electrons. The van der Waals surface area contributed by atoms with Gasteiger partial charge in [0.25, 0.3) is 5.91 Å². The maximum atomic E-state index is 12.7. The Hall–Kier alpha value is -2.24. The number of carbonyl (C=O) groups excluding carboxylic acids is 1. The van der Waals surface area contributed by atoms with Crippen LogP contribution in [0.25, 0.3) is 10.2 Å². The lowest BCUT2D eigenvalue weighted by atomic mass is 9.98. The van der Waals surface area contributed by atoms with Gasteiger partial charge in [-0.3, -0.25) is 4.79 Å². The van der Waals surface area contributed by atoms with Gasteiger partial charge in [0, 0.05) is 12.7 Å². The van der Waals surface area contributed by atoms with Crippen LogP contribution < -0.4 is 9.80 Å². The van der Waals surface area contributed by atoms with Gasteiger partial charge < -0.3 is 9.80 Å². The van der Waals surface area contributed by atoms with Crippen LogP contribution in [0.3, 0.4) is 0 Å². The number of likely N-dealkylation sites (tertiary alicyclic amines) is 1. The highest BCUT2D eigenvalue weighted by molar-refractivity contribution is 7.18. The Morgan fingerprint density at radius 1 is 1.19 bits per heavy atom. The number of hydrogen-bond acceptors (Lipinski definition) is 3. The Kier molecular flexibility index (Phi) is 5.00. The third-order valence-electron chi connectivity index (χ3n) is 5.20. The maximum Gasteiger partial charge on any atom is 0.281 e. The summed E-state index contributed by atoms with van der Waals surface area (Å²) in [7, 11) is 1.87. The van der Waals surface area contributed by atoms with Gasteiger partial charge >= 0.3 is 0 Å². The van der Waals surface area contributed by atoms with Crippen molar-refractivity contribution in [3.8, 4) is 0 Å². The number of thiazole rings is 1. The highest BCUT2D eigenvalue weighted by atomic mass is 32.1. The van der Waals surface area contributed by atoms with Crippen molar-refractivity contribution in [2.75, 3.05) is 31.6 Å². The Bertz CT molecular complexity index is 859. The fourth-order valence-electron chi connectivity index (χ4n) is 3.72. The molecule has 0 bridgehead atoms. The molecule has 1 aliphatic heterocycles. The number of piperidine rings is 1. The first-order valence-corrected chi connectivity index (χ1v) is 10.0. The lowest BCUT2D eigenvalue weighted by Crippen LogP contribution is -3.14. The zero-order chi connectivity index (χ0) is 17.9. The number of likely N-dealkylation sites (N-methyl/N-ethyl adjacent to an activating group) is 1. The summed E-state index contributed by atoms with van der Waals surface area (Å²) >= 11 is 1.81. The second-order valence-corrected chi connectivity index (χ2v) is 8.09. The van der Waals surface area contributed by atoms with Gasteiger partial charge in [-0.15, -0.1) is 11.3 Å². The minimum atomic E-state index is 0.177. The minimum absolute atomic E-state index is 0.177. The van der Waals surface area contributed by atoms with E-state index in [2.05, 4.69) is 18.2 Å². The molecular formula is C21H24N3OS+. The second-order valence-electron chi connectivity index (χ2n) is 7.03. The van der Waals surface area contributed by atoms with Crippen LogP contribution in [0.1, 0.15) is 23.8 Å².